The van der Waals surface area contributed by atoms with E-state index in [1.165, 1.54) is 0 Å². The number of hydrogen-bond acceptors (Lipinski definition) is 5. The number of anilines is 1. The Morgan fingerprint density at radius 3 is 2.70 bits per heavy atom. The predicted octanol–water partition coefficient (Wildman–Crippen LogP) is 3.08. The Kier molecular flexibility index (Phi) is 8.96. The van der Waals surface area contributed by atoms with Crippen molar-refractivity contribution in [3.8, 4) is 5.75 Å². The molecule has 1 fully saturated rings. The molecule has 7 heteroatoms. The van der Waals surface area contributed by atoms with Crippen molar-refractivity contribution < 1.29 is 19.0 Å². The van der Waals surface area contributed by atoms with Crippen LogP contribution in [0.2, 0.25) is 0 Å². The number of para-hydroxylation sites is 1. The van der Waals surface area contributed by atoms with Crippen LogP contribution in [-0.4, -0.2) is 75.5 Å². The number of likely N-dealkylation sites (N-methyl/N-ethyl adjacent to an activating group) is 1. The average Bonchev–Trinajstić information content (AvgIpc) is 2.79. The minimum absolute atomic E-state index is 0.113. The standard InChI is InChI=1S/C23H31N3O4/c1-25(10-11-26-12-14-28-15-13-26)23(27)24-21-7-5-6-20(18-21)19-29-16-17-30-22-8-3-2-4-9-22/h2-9,18H,10-17,19H2,1H3,(H,24,27). The van der Waals surface area contributed by atoms with E-state index in [-0.39, 0.29) is 6.03 Å². The molecule has 0 aliphatic carbocycles. The third-order valence-electron chi connectivity index (χ3n) is 4.89. The highest BCUT2D eigenvalue weighted by Gasteiger charge is 2.13. The Hall–Kier alpha value is -2.61. The molecule has 1 N–H and O–H groups in total. The lowest BCUT2D eigenvalue weighted by Crippen LogP contribution is -2.42. The summed E-state index contributed by atoms with van der Waals surface area (Å²) in [4.78, 5) is 16.5. The SMILES string of the molecule is CN(CCN1CCOCC1)C(=O)Nc1cccc(COCCOc2ccccc2)c1. The quantitative estimate of drug-likeness (QED) is 0.607. The van der Waals surface area contributed by atoms with Gasteiger partial charge in [0, 0.05) is 38.9 Å². The second-order valence-corrected chi connectivity index (χ2v) is 7.22. The second-order valence-electron chi connectivity index (χ2n) is 7.22. The van der Waals surface area contributed by atoms with E-state index >= 15 is 0 Å². The lowest BCUT2D eigenvalue weighted by atomic mass is 10.2. The molecule has 3 rings (SSSR count). The van der Waals surface area contributed by atoms with Gasteiger partial charge in [0.2, 0.25) is 0 Å². The summed E-state index contributed by atoms with van der Waals surface area (Å²) in [6.07, 6.45) is 0. The first-order valence-electron chi connectivity index (χ1n) is 10.4. The van der Waals surface area contributed by atoms with Crippen molar-refractivity contribution in [2.45, 2.75) is 6.61 Å². The van der Waals surface area contributed by atoms with Crippen LogP contribution in [0.4, 0.5) is 10.5 Å². The number of amides is 2. The van der Waals surface area contributed by atoms with E-state index < -0.39 is 0 Å². The van der Waals surface area contributed by atoms with Gasteiger partial charge in [-0.25, -0.2) is 4.79 Å². The van der Waals surface area contributed by atoms with Crippen LogP contribution >= 0.6 is 0 Å². The van der Waals surface area contributed by atoms with E-state index in [0.29, 0.717) is 26.4 Å². The van der Waals surface area contributed by atoms with Crippen LogP contribution in [0.5, 0.6) is 5.75 Å². The summed E-state index contributed by atoms with van der Waals surface area (Å²) in [6, 6.07) is 17.3. The van der Waals surface area contributed by atoms with E-state index in [4.69, 9.17) is 14.2 Å². The van der Waals surface area contributed by atoms with Crippen molar-refractivity contribution in [3.63, 3.8) is 0 Å². The van der Waals surface area contributed by atoms with Crippen LogP contribution in [0.1, 0.15) is 5.56 Å². The molecule has 30 heavy (non-hydrogen) atoms. The first-order chi connectivity index (χ1) is 14.7. The molecule has 0 bridgehead atoms. The molecule has 1 heterocycles. The molecule has 0 radical (unpaired) electrons. The fourth-order valence-corrected chi connectivity index (χ4v) is 3.10. The van der Waals surface area contributed by atoms with Gasteiger partial charge in [-0.3, -0.25) is 4.90 Å². The van der Waals surface area contributed by atoms with E-state index in [9.17, 15) is 4.79 Å². The molecule has 2 amide bonds. The van der Waals surface area contributed by atoms with Gasteiger partial charge in [0.25, 0.3) is 0 Å². The molecule has 162 valence electrons. The van der Waals surface area contributed by atoms with Gasteiger partial charge in [-0.15, -0.1) is 0 Å². The number of carbonyl (C=O) groups is 1. The summed E-state index contributed by atoms with van der Waals surface area (Å²) in [5.41, 5.74) is 1.77. The molecule has 2 aromatic rings. The summed E-state index contributed by atoms with van der Waals surface area (Å²) < 4.78 is 16.7. The van der Waals surface area contributed by atoms with Crippen molar-refractivity contribution in [2.75, 3.05) is 65.0 Å². The number of rotatable bonds is 10. The summed E-state index contributed by atoms with van der Waals surface area (Å²) in [6.45, 7) is 6.37. The van der Waals surface area contributed by atoms with E-state index in [1.54, 1.807) is 4.90 Å². The van der Waals surface area contributed by atoms with E-state index in [2.05, 4.69) is 10.2 Å². The molecule has 7 nitrogen and oxygen atoms in total. The lowest BCUT2D eigenvalue weighted by molar-refractivity contribution is 0.0359. The van der Waals surface area contributed by atoms with Crippen molar-refractivity contribution in [1.29, 1.82) is 0 Å². The number of carbonyl (C=O) groups excluding carboxylic acids is 1. The Labute approximate surface area is 178 Å². The zero-order chi connectivity index (χ0) is 21.0. The monoisotopic (exact) mass is 413 g/mol. The van der Waals surface area contributed by atoms with Crippen LogP contribution in [-0.2, 0) is 16.1 Å². The molecule has 0 unspecified atom stereocenters. The third-order valence-corrected chi connectivity index (χ3v) is 4.89. The molecule has 2 aromatic carbocycles. The van der Waals surface area contributed by atoms with Gasteiger partial charge in [0.15, 0.2) is 0 Å². The Bertz CT molecular complexity index is 766. The minimum atomic E-state index is -0.113. The van der Waals surface area contributed by atoms with Crippen LogP contribution in [0.25, 0.3) is 0 Å². The minimum Gasteiger partial charge on any atom is -0.491 e. The summed E-state index contributed by atoms with van der Waals surface area (Å²) in [5, 5.41) is 2.96. The van der Waals surface area contributed by atoms with E-state index in [1.807, 2.05) is 61.6 Å². The van der Waals surface area contributed by atoms with Gasteiger partial charge in [0.1, 0.15) is 12.4 Å². The van der Waals surface area contributed by atoms with Gasteiger partial charge in [-0.05, 0) is 29.8 Å². The maximum absolute atomic E-state index is 12.5. The first kappa shape index (κ1) is 22.1. The largest absolute Gasteiger partial charge is 0.491 e. The van der Waals surface area contributed by atoms with Crippen LogP contribution in [0, 0.1) is 0 Å². The number of benzene rings is 2. The van der Waals surface area contributed by atoms with Crippen molar-refractivity contribution >= 4 is 11.7 Å². The molecular weight excluding hydrogens is 382 g/mol. The fourth-order valence-electron chi connectivity index (χ4n) is 3.10. The number of urea groups is 1. The third kappa shape index (κ3) is 7.67. The van der Waals surface area contributed by atoms with Crippen LogP contribution in [0.3, 0.4) is 0 Å². The number of ether oxygens (including phenoxy) is 3. The summed E-state index contributed by atoms with van der Waals surface area (Å²) >= 11 is 0. The molecule has 0 atom stereocenters. The second kappa shape index (κ2) is 12.2. The average molecular weight is 414 g/mol. The Balaban J connectivity index is 1.35. The predicted molar refractivity (Wildman–Crippen MR) is 117 cm³/mol. The molecule has 1 aliphatic heterocycles. The smallest absolute Gasteiger partial charge is 0.321 e. The maximum atomic E-state index is 12.5. The van der Waals surface area contributed by atoms with E-state index in [0.717, 1.165) is 49.8 Å². The van der Waals surface area contributed by atoms with Gasteiger partial charge in [0.05, 0.1) is 26.4 Å². The fraction of sp³-hybridized carbons (Fsp3) is 0.435. The Morgan fingerprint density at radius 2 is 1.90 bits per heavy atom. The number of morpholine rings is 1. The van der Waals surface area contributed by atoms with Gasteiger partial charge in [-0.1, -0.05) is 30.3 Å². The lowest BCUT2D eigenvalue weighted by Gasteiger charge is -2.28. The molecule has 0 aromatic heterocycles. The zero-order valence-electron chi connectivity index (χ0n) is 17.6. The highest BCUT2D eigenvalue weighted by molar-refractivity contribution is 5.89. The van der Waals surface area contributed by atoms with Gasteiger partial charge >= 0.3 is 6.03 Å². The van der Waals surface area contributed by atoms with Gasteiger partial charge < -0.3 is 24.4 Å². The summed E-state index contributed by atoms with van der Waals surface area (Å²) in [5.74, 6) is 0.837. The van der Waals surface area contributed by atoms with Gasteiger partial charge in [-0.2, -0.15) is 0 Å². The Morgan fingerprint density at radius 1 is 1.10 bits per heavy atom. The molecule has 0 spiro atoms. The normalized spacial score (nSPS) is 14.3. The summed E-state index contributed by atoms with van der Waals surface area (Å²) in [7, 11) is 1.81. The molecular formula is C23H31N3O4. The first-order valence-corrected chi connectivity index (χ1v) is 10.4. The zero-order valence-corrected chi connectivity index (χ0v) is 17.6. The van der Waals surface area contributed by atoms with Crippen molar-refractivity contribution in [1.82, 2.24) is 9.80 Å². The number of nitrogens with zero attached hydrogens (tertiary/aromatic N) is 2. The number of hydrogen-bond donors (Lipinski definition) is 1. The topological polar surface area (TPSA) is 63.3 Å². The highest BCUT2D eigenvalue weighted by Crippen LogP contribution is 2.13. The molecule has 1 aliphatic rings. The van der Waals surface area contributed by atoms with Crippen LogP contribution in [0.15, 0.2) is 54.6 Å². The molecule has 1 saturated heterocycles. The number of nitrogens with one attached hydrogen (secondary N) is 1. The van der Waals surface area contributed by atoms with Crippen molar-refractivity contribution in [2.24, 2.45) is 0 Å². The van der Waals surface area contributed by atoms with Crippen LogP contribution < -0.4 is 10.1 Å². The highest BCUT2D eigenvalue weighted by atomic mass is 16.5. The van der Waals surface area contributed by atoms with Crippen molar-refractivity contribution in [3.05, 3.63) is 60.2 Å². The molecule has 0 saturated carbocycles. The maximum Gasteiger partial charge on any atom is 0.321 e.